The summed E-state index contributed by atoms with van der Waals surface area (Å²) in [5.41, 5.74) is 2.25. The third-order valence-electron chi connectivity index (χ3n) is 7.50. The molecule has 0 radical (unpaired) electrons. The topological polar surface area (TPSA) is 72.4 Å². The van der Waals surface area contributed by atoms with E-state index >= 15 is 0 Å². The van der Waals surface area contributed by atoms with Gasteiger partial charge in [-0.3, -0.25) is 4.79 Å². The number of carbonyl (C=O) groups excluding carboxylic acids is 1. The van der Waals surface area contributed by atoms with Gasteiger partial charge in [0, 0.05) is 62.5 Å². The molecular formula is C31H47F3N6O2. The summed E-state index contributed by atoms with van der Waals surface area (Å²) in [5.74, 6) is 0.383. The molecule has 0 spiro atoms. The smallest absolute Gasteiger partial charge is 0.385 e. The summed E-state index contributed by atoms with van der Waals surface area (Å²) >= 11 is 0. The zero-order valence-electron chi connectivity index (χ0n) is 25.5. The Morgan fingerprint density at radius 3 is 2.67 bits per heavy atom. The normalized spacial score (nSPS) is 18.6. The highest BCUT2D eigenvalue weighted by Crippen LogP contribution is 2.31. The average molecular weight is 593 g/mol. The van der Waals surface area contributed by atoms with E-state index in [1.807, 2.05) is 6.07 Å². The van der Waals surface area contributed by atoms with Crippen molar-refractivity contribution in [1.82, 2.24) is 15.1 Å². The van der Waals surface area contributed by atoms with Crippen molar-refractivity contribution in [2.75, 3.05) is 76.3 Å². The first-order valence-electron chi connectivity index (χ1n) is 15.1. The number of benzene rings is 1. The van der Waals surface area contributed by atoms with Crippen LogP contribution in [-0.4, -0.2) is 93.8 Å². The van der Waals surface area contributed by atoms with Crippen molar-refractivity contribution in [3.05, 3.63) is 47.3 Å². The molecular weight excluding hydrogens is 545 g/mol. The number of amidine groups is 1. The molecule has 2 aliphatic rings. The predicted molar refractivity (Wildman–Crippen MR) is 164 cm³/mol. The molecule has 0 unspecified atom stereocenters. The molecule has 8 nitrogen and oxygen atoms in total. The number of likely N-dealkylation sites (N-methyl/N-ethyl adjacent to an activating group) is 1. The van der Waals surface area contributed by atoms with Crippen LogP contribution in [0.2, 0.25) is 0 Å². The van der Waals surface area contributed by atoms with E-state index in [1.54, 1.807) is 18.7 Å². The fraction of sp³-hybridized carbons (Fsp3) is 0.613. The molecule has 0 saturated carbocycles. The molecule has 1 aromatic carbocycles. The van der Waals surface area contributed by atoms with Crippen LogP contribution >= 0.6 is 0 Å². The lowest BCUT2D eigenvalue weighted by Gasteiger charge is -2.24. The van der Waals surface area contributed by atoms with Gasteiger partial charge in [-0.05, 0) is 70.0 Å². The molecule has 1 amide bonds. The van der Waals surface area contributed by atoms with Crippen molar-refractivity contribution >= 4 is 23.1 Å². The lowest BCUT2D eigenvalue weighted by atomic mass is 10.1. The van der Waals surface area contributed by atoms with Crippen molar-refractivity contribution in [2.24, 2.45) is 4.99 Å². The van der Waals surface area contributed by atoms with Crippen molar-refractivity contribution in [3.63, 3.8) is 0 Å². The Labute approximate surface area is 248 Å². The van der Waals surface area contributed by atoms with Gasteiger partial charge in [0.2, 0.25) is 5.91 Å². The second-order valence-electron chi connectivity index (χ2n) is 10.8. The molecule has 2 saturated heterocycles. The van der Waals surface area contributed by atoms with Crippen LogP contribution in [0.15, 0.2) is 46.7 Å². The summed E-state index contributed by atoms with van der Waals surface area (Å²) in [7, 11) is 2.14. The number of alkyl halides is 3. The minimum Gasteiger partial charge on any atom is -0.385 e. The van der Waals surface area contributed by atoms with Gasteiger partial charge in [0.15, 0.2) is 0 Å². The van der Waals surface area contributed by atoms with Crippen LogP contribution in [-0.2, 0) is 16.0 Å². The number of halogens is 3. The predicted octanol–water partition coefficient (Wildman–Crippen LogP) is 5.19. The zero-order valence-corrected chi connectivity index (χ0v) is 25.5. The number of hydrogen-bond donors (Lipinski definition) is 2. The van der Waals surface area contributed by atoms with Crippen LogP contribution in [0.4, 0.5) is 24.5 Å². The van der Waals surface area contributed by atoms with Gasteiger partial charge in [0.1, 0.15) is 5.84 Å². The summed E-state index contributed by atoms with van der Waals surface area (Å²) in [4.78, 5) is 22.8. The van der Waals surface area contributed by atoms with Gasteiger partial charge in [0.25, 0.3) is 0 Å². The van der Waals surface area contributed by atoms with E-state index in [0.29, 0.717) is 57.9 Å². The summed E-state index contributed by atoms with van der Waals surface area (Å²) in [5, 5.41) is 6.15. The number of amides is 1. The summed E-state index contributed by atoms with van der Waals surface area (Å²) in [6.07, 6.45) is 0.994. The van der Waals surface area contributed by atoms with Gasteiger partial charge in [-0.2, -0.15) is 13.2 Å². The molecule has 1 aromatic rings. The largest absolute Gasteiger partial charge is 0.419 e. The highest BCUT2D eigenvalue weighted by atomic mass is 19.4. The lowest BCUT2D eigenvalue weighted by Crippen LogP contribution is -2.34. The van der Waals surface area contributed by atoms with Gasteiger partial charge in [-0.1, -0.05) is 19.9 Å². The number of nitrogens with zero attached hydrogens (tertiary/aromatic N) is 4. The molecule has 42 heavy (non-hydrogen) atoms. The first-order valence-corrected chi connectivity index (χ1v) is 15.1. The third kappa shape index (κ3) is 10.3. The fourth-order valence-corrected chi connectivity index (χ4v) is 5.11. The highest BCUT2D eigenvalue weighted by Gasteiger charge is 2.36. The van der Waals surface area contributed by atoms with Crippen molar-refractivity contribution < 1.29 is 22.7 Å². The van der Waals surface area contributed by atoms with Crippen LogP contribution in [0.25, 0.3) is 0 Å². The minimum absolute atomic E-state index is 0.00577. The molecule has 2 aliphatic heterocycles. The van der Waals surface area contributed by atoms with E-state index < -0.39 is 11.7 Å². The minimum atomic E-state index is -4.59. The van der Waals surface area contributed by atoms with Gasteiger partial charge in [-0.15, -0.1) is 0 Å². The van der Waals surface area contributed by atoms with Gasteiger partial charge in [0.05, 0.1) is 25.2 Å². The number of aliphatic imine (C=N–C) groups is 1. The molecule has 2 N–H and O–H groups in total. The third-order valence-corrected chi connectivity index (χ3v) is 7.50. The van der Waals surface area contributed by atoms with E-state index in [2.05, 4.69) is 51.5 Å². The van der Waals surface area contributed by atoms with E-state index in [4.69, 9.17) is 4.74 Å². The Hall–Kier alpha value is -3.05. The maximum Gasteiger partial charge on any atom is 0.419 e. The molecule has 0 bridgehead atoms. The summed E-state index contributed by atoms with van der Waals surface area (Å²) in [6.45, 7) is 11.7. The fourth-order valence-electron chi connectivity index (χ4n) is 5.11. The van der Waals surface area contributed by atoms with Gasteiger partial charge >= 0.3 is 6.18 Å². The highest BCUT2D eigenvalue weighted by molar-refractivity contribution is 5.95. The number of aryl methyl sites for hydroxylation is 1. The van der Waals surface area contributed by atoms with Crippen LogP contribution in [0, 0.1) is 0 Å². The number of rotatable bonds is 11. The standard InChI is InChI=1S/C31H47F3N6O2/c1-5-9-29(35-13-7-15-40-19-21-42-20-12-30(40)41)27(31(32,33)34)23-36-24(3)37-28-11-10-26(22-25(28)6-2)39-16-8-14-38(4)17-18-39/h9-11,22-23,35H,5-8,12-21H2,1-4H3,(H,36,37)/b27-23+,29-9-. The molecule has 0 aliphatic carbocycles. The van der Waals surface area contributed by atoms with E-state index in [1.165, 1.54) is 6.08 Å². The first-order chi connectivity index (χ1) is 20.1. The maximum atomic E-state index is 14.1. The lowest BCUT2D eigenvalue weighted by molar-refractivity contribution is -0.130. The molecule has 3 rings (SSSR count). The van der Waals surface area contributed by atoms with Crippen LogP contribution in [0.5, 0.6) is 0 Å². The Morgan fingerprint density at radius 2 is 1.93 bits per heavy atom. The molecule has 0 aromatic heterocycles. The number of nitrogens with one attached hydrogen (secondary N) is 2. The molecule has 11 heteroatoms. The van der Waals surface area contributed by atoms with Gasteiger partial charge < -0.3 is 30.1 Å². The summed E-state index contributed by atoms with van der Waals surface area (Å²) in [6, 6.07) is 6.22. The number of hydrogen-bond acceptors (Lipinski definition) is 6. The number of carbonyl (C=O) groups is 1. The number of allylic oxidation sites excluding steroid dienone is 2. The quantitative estimate of drug-likeness (QED) is 0.160. The number of ether oxygens (including phenoxy) is 1. The maximum absolute atomic E-state index is 14.1. The second kappa shape index (κ2) is 16.6. The van der Waals surface area contributed by atoms with Crippen LogP contribution in [0.1, 0.15) is 52.0 Å². The monoisotopic (exact) mass is 592 g/mol. The molecule has 2 heterocycles. The van der Waals surface area contributed by atoms with Crippen molar-refractivity contribution in [1.29, 1.82) is 0 Å². The summed E-state index contributed by atoms with van der Waals surface area (Å²) < 4.78 is 47.8. The Kier molecular flexibility index (Phi) is 13.2. The van der Waals surface area contributed by atoms with E-state index in [9.17, 15) is 18.0 Å². The van der Waals surface area contributed by atoms with Gasteiger partial charge in [-0.25, -0.2) is 4.99 Å². The SMILES string of the molecule is CC/C=C(NCCCN1CCOCCC1=O)/C(=C\N=C(C)Nc1ccc(N2CCCN(C)CC2)cc1CC)C(F)(F)F. The average Bonchev–Trinajstić information content (AvgIpc) is 3.29. The first kappa shape index (κ1) is 33.5. The van der Waals surface area contributed by atoms with Crippen LogP contribution < -0.4 is 15.5 Å². The zero-order chi connectivity index (χ0) is 30.5. The molecule has 2 fully saturated rings. The van der Waals surface area contributed by atoms with E-state index in [-0.39, 0.29) is 11.6 Å². The number of anilines is 2. The Morgan fingerprint density at radius 1 is 1.12 bits per heavy atom. The van der Waals surface area contributed by atoms with E-state index in [0.717, 1.165) is 62.2 Å². The Balaban J connectivity index is 1.69. The molecule has 0 atom stereocenters. The Bertz CT molecular complexity index is 1120. The van der Waals surface area contributed by atoms with Crippen molar-refractivity contribution in [2.45, 2.75) is 59.1 Å². The van der Waals surface area contributed by atoms with Crippen LogP contribution in [0.3, 0.4) is 0 Å². The molecule has 234 valence electrons. The van der Waals surface area contributed by atoms with Crippen molar-refractivity contribution in [3.8, 4) is 0 Å². The second-order valence-corrected chi connectivity index (χ2v) is 10.8.